The summed E-state index contributed by atoms with van der Waals surface area (Å²) in [6.45, 7) is 3.57. The highest BCUT2D eigenvalue weighted by Crippen LogP contribution is 2.23. The van der Waals surface area contributed by atoms with Crippen LogP contribution in [0.4, 0.5) is 10.5 Å². The summed E-state index contributed by atoms with van der Waals surface area (Å²) in [6.07, 6.45) is 0.263. The van der Waals surface area contributed by atoms with E-state index in [4.69, 9.17) is 4.74 Å². The molecule has 27 heavy (non-hydrogen) atoms. The van der Waals surface area contributed by atoms with Crippen LogP contribution in [-0.4, -0.2) is 42.9 Å². The fourth-order valence-corrected chi connectivity index (χ4v) is 2.35. The van der Waals surface area contributed by atoms with Crippen molar-refractivity contribution in [3.05, 3.63) is 29.8 Å². The van der Waals surface area contributed by atoms with E-state index in [1.165, 1.54) is 24.3 Å². The molecule has 1 aliphatic rings. The summed E-state index contributed by atoms with van der Waals surface area (Å²) in [7, 11) is 0. The van der Waals surface area contributed by atoms with E-state index in [1.54, 1.807) is 0 Å². The summed E-state index contributed by atoms with van der Waals surface area (Å²) in [6, 6.07) is 5.15. The summed E-state index contributed by atoms with van der Waals surface area (Å²) in [5, 5.41) is 4.54. The zero-order valence-corrected chi connectivity index (χ0v) is 15.1. The van der Waals surface area contributed by atoms with Crippen molar-refractivity contribution in [3.63, 3.8) is 0 Å². The number of hydrogen-bond donors (Lipinski definition) is 2. The number of urea groups is 1. The average molecular weight is 375 g/mol. The number of benzene rings is 1. The monoisotopic (exact) mass is 375 g/mol. The Balaban J connectivity index is 1.90. The molecular formula is C18H21N3O6. The molecule has 9 heteroatoms. The number of nitrogens with zero attached hydrogens (tertiary/aromatic N) is 1. The van der Waals surface area contributed by atoms with Crippen molar-refractivity contribution in [1.29, 1.82) is 0 Å². The second-order valence-corrected chi connectivity index (χ2v) is 6.40. The van der Waals surface area contributed by atoms with E-state index in [1.807, 2.05) is 19.2 Å². The summed E-state index contributed by atoms with van der Waals surface area (Å²) in [5.74, 6) is -2.03. The highest BCUT2D eigenvalue weighted by atomic mass is 16.5. The van der Waals surface area contributed by atoms with Crippen LogP contribution >= 0.6 is 0 Å². The molecule has 1 saturated heterocycles. The molecule has 5 amide bonds. The lowest BCUT2D eigenvalue weighted by Gasteiger charge is -2.14. The van der Waals surface area contributed by atoms with Crippen LogP contribution in [0.3, 0.4) is 0 Å². The Morgan fingerprint density at radius 3 is 2.44 bits per heavy atom. The third-order valence-corrected chi connectivity index (χ3v) is 3.65. The van der Waals surface area contributed by atoms with Crippen LogP contribution in [0.15, 0.2) is 24.3 Å². The van der Waals surface area contributed by atoms with Crippen LogP contribution < -0.4 is 15.5 Å². The molecule has 0 aromatic heterocycles. The minimum atomic E-state index is -0.811. The highest BCUT2D eigenvalue weighted by Gasteiger charge is 2.30. The van der Waals surface area contributed by atoms with Crippen LogP contribution in [0.25, 0.3) is 0 Å². The average Bonchev–Trinajstić information content (AvgIpc) is 2.96. The smallest absolute Gasteiger partial charge is 0.338 e. The first-order valence-corrected chi connectivity index (χ1v) is 8.48. The maximum atomic E-state index is 12.1. The third-order valence-electron chi connectivity index (χ3n) is 3.65. The lowest BCUT2D eigenvalue weighted by atomic mass is 10.2. The fourth-order valence-electron chi connectivity index (χ4n) is 2.35. The van der Waals surface area contributed by atoms with Gasteiger partial charge in [0.25, 0.3) is 5.91 Å². The van der Waals surface area contributed by atoms with Crippen molar-refractivity contribution < 1.29 is 28.7 Å². The first-order valence-electron chi connectivity index (χ1n) is 8.48. The molecular weight excluding hydrogens is 354 g/mol. The minimum absolute atomic E-state index is 0.0806. The molecule has 144 valence electrons. The van der Waals surface area contributed by atoms with Gasteiger partial charge in [-0.05, 0) is 24.1 Å². The van der Waals surface area contributed by atoms with Crippen LogP contribution in [0, 0.1) is 5.92 Å². The molecule has 1 aliphatic heterocycles. The van der Waals surface area contributed by atoms with Crippen LogP contribution in [0.5, 0.6) is 0 Å². The van der Waals surface area contributed by atoms with Gasteiger partial charge in [-0.15, -0.1) is 0 Å². The van der Waals surface area contributed by atoms with Gasteiger partial charge < -0.3 is 10.1 Å². The molecule has 1 fully saturated rings. The highest BCUT2D eigenvalue weighted by molar-refractivity contribution is 6.20. The Morgan fingerprint density at radius 1 is 1.15 bits per heavy atom. The Hall–Kier alpha value is -3.23. The van der Waals surface area contributed by atoms with E-state index in [-0.39, 0.29) is 41.8 Å². The van der Waals surface area contributed by atoms with E-state index in [0.717, 1.165) is 4.90 Å². The van der Waals surface area contributed by atoms with Crippen LogP contribution in [-0.2, 0) is 19.1 Å². The minimum Gasteiger partial charge on any atom is -0.452 e. The summed E-state index contributed by atoms with van der Waals surface area (Å²) in [4.78, 5) is 59.8. The van der Waals surface area contributed by atoms with Crippen molar-refractivity contribution in [2.24, 2.45) is 5.92 Å². The molecule has 0 aliphatic carbocycles. The quantitative estimate of drug-likeness (QED) is 0.565. The number of carbonyl (C=O) groups excluding carboxylic acids is 5. The van der Waals surface area contributed by atoms with Gasteiger partial charge in [0, 0.05) is 19.4 Å². The number of carbonyl (C=O) groups is 5. The Labute approximate surface area is 156 Å². The van der Waals surface area contributed by atoms with Gasteiger partial charge in [-0.25, -0.2) is 9.59 Å². The van der Waals surface area contributed by atoms with E-state index in [0.29, 0.717) is 6.54 Å². The zero-order valence-electron chi connectivity index (χ0n) is 15.1. The second kappa shape index (κ2) is 8.93. The first kappa shape index (κ1) is 20.1. The third kappa shape index (κ3) is 5.63. The van der Waals surface area contributed by atoms with Gasteiger partial charge in [0.2, 0.25) is 11.8 Å². The normalized spacial score (nSPS) is 13.7. The standard InChI is InChI=1S/C18H21N3O6/c1-11(2)9-19-18(26)20-14(22)10-27-17(25)12-4-3-5-13(8-12)21-15(23)6-7-16(21)24/h3-5,8,11H,6-7,9-10H2,1-2H3,(H2,19,20,22,26). The number of rotatable bonds is 6. The summed E-state index contributed by atoms with van der Waals surface area (Å²) >= 11 is 0. The molecule has 0 unspecified atom stereocenters. The number of nitrogens with one attached hydrogen (secondary N) is 2. The van der Waals surface area contributed by atoms with Gasteiger partial charge >= 0.3 is 12.0 Å². The van der Waals surface area contributed by atoms with Gasteiger partial charge in [-0.3, -0.25) is 24.6 Å². The molecule has 0 atom stereocenters. The number of hydrogen-bond acceptors (Lipinski definition) is 6. The van der Waals surface area contributed by atoms with Crippen LogP contribution in [0.2, 0.25) is 0 Å². The fraction of sp³-hybridized carbons (Fsp3) is 0.389. The van der Waals surface area contributed by atoms with Crippen molar-refractivity contribution >= 4 is 35.4 Å². The topological polar surface area (TPSA) is 122 Å². The largest absolute Gasteiger partial charge is 0.452 e. The first-order chi connectivity index (χ1) is 12.8. The Morgan fingerprint density at radius 2 is 1.81 bits per heavy atom. The second-order valence-electron chi connectivity index (χ2n) is 6.40. The number of imide groups is 2. The maximum absolute atomic E-state index is 12.1. The summed E-state index contributed by atoms with van der Waals surface area (Å²) in [5.41, 5.74) is 0.353. The van der Waals surface area contributed by atoms with Gasteiger partial charge in [-0.2, -0.15) is 0 Å². The lowest BCUT2D eigenvalue weighted by molar-refractivity contribution is -0.123. The zero-order chi connectivity index (χ0) is 20.0. The summed E-state index contributed by atoms with van der Waals surface area (Å²) < 4.78 is 4.87. The SMILES string of the molecule is CC(C)CNC(=O)NC(=O)COC(=O)c1cccc(N2C(=O)CCC2=O)c1. The predicted molar refractivity (Wildman–Crippen MR) is 94.8 cm³/mol. The molecule has 2 rings (SSSR count). The van der Waals surface area contributed by atoms with Crippen molar-refractivity contribution in [1.82, 2.24) is 10.6 Å². The molecule has 0 radical (unpaired) electrons. The number of ether oxygens (including phenoxy) is 1. The molecule has 0 saturated carbocycles. The van der Waals surface area contributed by atoms with Crippen molar-refractivity contribution in [2.45, 2.75) is 26.7 Å². The molecule has 1 aromatic carbocycles. The van der Waals surface area contributed by atoms with Crippen LogP contribution in [0.1, 0.15) is 37.0 Å². The lowest BCUT2D eigenvalue weighted by Crippen LogP contribution is -2.42. The molecule has 2 N–H and O–H groups in total. The molecule has 0 bridgehead atoms. The molecule has 9 nitrogen and oxygen atoms in total. The van der Waals surface area contributed by atoms with E-state index in [9.17, 15) is 24.0 Å². The van der Waals surface area contributed by atoms with E-state index >= 15 is 0 Å². The number of esters is 1. The Kier molecular flexibility index (Phi) is 6.64. The Bertz CT molecular complexity index is 758. The molecule has 1 aromatic rings. The molecule has 0 spiro atoms. The molecule has 1 heterocycles. The number of anilines is 1. The van der Waals surface area contributed by atoms with Gasteiger partial charge in [0.1, 0.15) is 0 Å². The predicted octanol–water partition coefficient (Wildman–Crippen LogP) is 0.979. The van der Waals surface area contributed by atoms with E-state index < -0.39 is 24.5 Å². The van der Waals surface area contributed by atoms with Gasteiger partial charge in [-0.1, -0.05) is 19.9 Å². The van der Waals surface area contributed by atoms with Gasteiger partial charge in [0.15, 0.2) is 6.61 Å². The number of amides is 5. The van der Waals surface area contributed by atoms with Gasteiger partial charge in [0.05, 0.1) is 11.3 Å². The maximum Gasteiger partial charge on any atom is 0.338 e. The van der Waals surface area contributed by atoms with Crippen molar-refractivity contribution in [3.8, 4) is 0 Å². The van der Waals surface area contributed by atoms with E-state index in [2.05, 4.69) is 5.32 Å². The van der Waals surface area contributed by atoms with Crippen molar-refractivity contribution in [2.75, 3.05) is 18.1 Å².